The molecule has 15 heavy (non-hydrogen) atoms. The van der Waals surface area contributed by atoms with Crippen LogP contribution in [0.2, 0.25) is 0 Å². The van der Waals surface area contributed by atoms with Crippen molar-refractivity contribution in [1.29, 1.82) is 0 Å². The second kappa shape index (κ2) is 3.96. The number of thioether (sulfide) groups is 1. The molecule has 3 heterocycles. The van der Waals surface area contributed by atoms with Crippen LogP contribution in [0.4, 0.5) is 0 Å². The fourth-order valence-corrected chi connectivity index (χ4v) is 2.88. The molecule has 0 saturated heterocycles. The molecule has 0 atom stereocenters. The number of hydrazone groups is 1. The van der Waals surface area contributed by atoms with Crippen molar-refractivity contribution in [2.45, 2.75) is 19.3 Å². The van der Waals surface area contributed by atoms with Gasteiger partial charge in [0.1, 0.15) is 0 Å². The summed E-state index contributed by atoms with van der Waals surface area (Å²) < 4.78 is 0. The minimum atomic E-state index is 0.947. The van der Waals surface area contributed by atoms with Gasteiger partial charge in [-0.3, -0.25) is 9.98 Å². The van der Waals surface area contributed by atoms with Gasteiger partial charge in [-0.05, 0) is 12.8 Å². The third kappa shape index (κ3) is 1.80. The predicted octanol–water partition coefficient (Wildman–Crippen LogP) is 1.39. The quantitative estimate of drug-likeness (QED) is 0.672. The maximum absolute atomic E-state index is 4.62. The Morgan fingerprint density at radius 1 is 1.07 bits per heavy atom. The van der Waals surface area contributed by atoms with Gasteiger partial charge in [-0.15, -0.1) is 0 Å². The van der Waals surface area contributed by atoms with E-state index in [1.807, 2.05) is 16.8 Å². The maximum atomic E-state index is 4.62. The van der Waals surface area contributed by atoms with Gasteiger partial charge in [0.25, 0.3) is 0 Å². The largest absolute Gasteiger partial charge is 0.288 e. The molecule has 3 rings (SSSR count). The van der Waals surface area contributed by atoms with Gasteiger partial charge in [0.05, 0.1) is 18.0 Å². The lowest BCUT2D eigenvalue weighted by Gasteiger charge is -2.10. The van der Waals surface area contributed by atoms with Crippen molar-refractivity contribution in [3.63, 3.8) is 0 Å². The van der Waals surface area contributed by atoms with E-state index in [4.69, 9.17) is 0 Å². The van der Waals surface area contributed by atoms with Crippen molar-refractivity contribution in [1.82, 2.24) is 5.01 Å². The molecular formula is C10H14N4S. The smallest absolute Gasteiger partial charge is 0.179 e. The molecule has 0 spiro atoms. The molecule has 4 nitrogen and oxygen atoms in total. The lowest BCUT2D eigenvalue weighted by atomic mass is 10.1. The minimum absolute atomic E-state index is 0.947. The van der Waals surface area contributed by atoms with Crippen molar-refractivity contribution in [3.05, 3.63) is 0 Å². The average molecular weight is 222 g/mol. The van der Waals surface area contributed by atoms with Crippen LogP contribution in [0.5, 0.6) is 0 Å². The van der Waals surface area contributed by atoms with E-state index < -0.39 is 0 Å². The number of hydrogen-bond acceptors (Lipinski definition) is 5. The molecule has 0 saturated carbocycles. The molecule has 0 fully saturated rings. The molecule has 3 aliphatic heterocycles. The first-order valence-corrected chi connectivity index (χ1v) is 6.48. The van der Waals surface area contributed by atoms with Crippen LogP contribution in [0.15, 0.2) is 15.1 Å². The number of hydrogen-bond donors (Lipinski definition) is 0. The van der Waals surface area contributed by atoms with Gasteiger partial charge >= 0.3 is 0 Å². The lowest BCUT2D eigenvalue weighted by Crippen LogP contribution is -2.18. The average Bonchev–Trinajstić information content (AvgIpc) is 3.02. The molecule has 0 unspecified atom stereocenters. The van der Waals surface area contributed by atoms with E-state index in [1.54, 1.807) is 0 Å². The van der Waals surface area contributed by atoms with E-state index >= 15 is 0 Å². The topological polar surface area (TPSA) is 40.3 Å². The van der Waals surface area contributed by atoms with Gasteiger partial charge in [0, 0.05) is 25.3 Å². The van der Waals surface area contributed by atoms with Crippen molar-refractivity contribution in [2.75, 3.05) is 25.4 Å². The van der Waals surface area contributed by atoms with E-state index in [0.29, 0.717) is 0 Å². The number of aliphatic imine (C=N–C) groups is 2. The highest BCUT2D eigenvalue weighted by molar-refractivity contribution is 8.14. The van der Waals surface area contributed by atoms with Crippen LogP contribution in [-0.4, -0.2) is 47.0 Å². The van der Waals surface area contributed by atoms with Crippen LogP contribution >= 0.6 is 11.8 Å². The standard InChI is InChI=1S/C10H14N4S/c1-2-8(11-4-1)9-3-6-14(13-9)10-12-5-7-15-10/h1-7H2. The lowest BCUT2D eigenvalue weighted by molar-refractivity contribution is 0.501. The van der Waals surface area contributed by atoms with Gasteiger partial charge in [-0.2, -0.15) is 5.10 Å². The van der Waals surface area contributed by atoms with Crippen LogP contribution in [0.25, 0.3) is 0 Å². The van der Waals surface area contributed by atoms with Crippen LogP contribution in [0.1, 0.15) is 19.3 Å². The summed E-state index contributed by atoms with van der Waals surface area (Å²) in [5.74, 6) is 1.11. The van der Waals surface area contributed by atoms with Crippen molar-refractivity contribution < 1.29 is 0 Å². The van der Waals surface area contributed by atoms with E-state index in [9.17, 15) is 0 Å². The zero-order chi connectivity index (χ0) is 10.1. The van der Waals surface area contributed by atoms with E-state index in [2.05, 4.69) is 15.1 Å². The normalized spacial score (nSPS) is 25.6. The zero-order valence-corrected chi connectivity index (χ0v) is 9.46. The second-order valence-corrected chi connectivity index (χ2v) is 4.93. The van der Waals surface area contributed by atoms with Gasteiger partial charge in [-0.25, -0.2) is 5.01 Å². The number of nitrogens with zero attached hydrogens (tertiary/aromatic N) is 4. The Morgan fingerprint density at radius 3 is 2.80 bits per heavy atom. The number of amidine groups is 1. The molecule has 0 aromatic heterocycles. The summed E-state index contributed by atoms with van der Waals surface area (Å²) in [4.78, 5) is 8.93. The third-order valence-corrected chi connectivity index (χ3v) is 3.78. The van der Waals surface area contributed by atoms with E-state index in [1.165, 1.54) is 17.8 Å². The van der Waals surface area contributed by atoms with Crippen molar-refractivity contribution in [2.24, 2.45) is 15.1 Å². The molecule has 80 valence electrons. The SMILES string of the molecule is C1CN=C(C2=NN(C3=NCCS3)CC2)C1. The third-order valence-electron chi connectivity index (χ3n) is 2.80. The fraction of sp³-hybridized carbons (Fsp3) is 0.700. The van der Waals surface area contributed by atoms with Gasteiger partial charge in [-0.1, -0.05) is 11.8 Å². The van der Waals surface area contributed by atoms with Crippen molar-refractivity contribution >= 4 is 28.4 Å². The summed E-state index contributed by atoms with van der Waals surface area (Å²) in [7, 11) is 0. The second-order valence-electron chi connectivity index (χ2n) is 3.86. The van der Waals surface area contributed by atoms with Gasteiger partial charge in [0.2, 0.25) is 0 Å². The Balaban J connectivity index is 1.74. The molecule has 0 N–H and O–H groups in total. The Bertz CT molecular complexity index is 358. The first-order chi connectivity index (χ1) is 7.43. The molecule has 0 amide bonds. The maximum Gasteiger partial charge on any atom is 0.179 e. The predicted molar refractivity (Wildman–Crippen MR) is 65.1 cm³/mol. The molecule has 5 heteroatoms. The summed E-state index contributed by atoms with van der Waals surface area (Å²) in [6.07, 6.45) is 3.36. The molecule has 0 aromatic carbocycles. The first kappa shape index (κ1) is 9.39. The Labute approximate surface area is 93.5 Å². The molecular weight excluding hydrogens is 208 g/mol. The Hall–Kier alpha value is -0.840. The highest BCUT2D eigenvalue weighted by Gasteiger charge is 2.24. The summed E-state index contributed by atoms with van der Waals surface area (Å²) >= 11 is 1.81. The highest BCUT2D eigenvalue weighted by Crippen LogP contribution is 2.21. The monoisotopic (exact) mass is 222 g/mol. The van der Waals surface area contributed by atoms with Crippen molar-refractivity contribution in [3.8, 4) is 0 Å². The highest BCUT2D eigenvalue weighted by atomic mass is 32.2. The summed E-state index contributed by atoms with van der Waals surface area (Å²) in [6, 6.07) is 0. The van der Waals surface area contributed by atoms with Gasteiger partial charge < -0.3 is 0 Å². The summed E-state index contributed by atoms with van der Waals surface area (Å²) in [5, 5.41) is 7.77. The molecule has 3 aliphatic rings. The molecule has 0 bridgehead atoms. The molecule has 0 radical (unpaired) electrons. The number of rotatable bonds is 1. The van der Waals surface area contributed by atoms with Crippen LogP contribution in [0.3, 0.4) is 0 Å². The summed E-state index contributed by atoms with van der Waals surface area (Å²) in [6.45, 7) is 2.92. The van der Waals surface area contributed by atoms with E-state index in [-0.39, 0.29) is 0 Å². The Kier molecular flexibility index (Phi) is 2.48. The van der Waals surface area contributed by atoms with Gasteiger partial charge in [0.15, 0.2) is 5.17 Å². The van der Waals surface area contributed by atoms with E-state index in [0.717, 1.165) is 43.4 Å². The van der Waals surface area contributed by atoms with Crippen LogP contribution < -0.4 is 0 Å². The summed E-state index contributed by atoms with van der Waals surface area (Å²) in [5.41, 5.74) is 2.43. The minimum Gasteiger partial charge on any atom is -0.288 e. The molecule has 0 aromatic rings. The zero-order valence-electron chi connectivity index (χ0n) is 8.65. The Morgan fingerprint density at radius 2 is 2.07 bits per heavy atom. The molecule has 0 aliphatic carbocycles. The fourth-order valence-electron chi connectivity index (χ4n) is 2.05. The van der Waals surface area contributed by atoms with Crippen LogP contribution in [0, 0.1) is 0 Å². The van der Waals surface area contributed by atoms with Crippen LogP contribution in [-0.2, 0) is 0 Å². The first-order valence-electron chi connectivity index (χ1n) is 5.49.